The molecule has 3 N–H and O–H groups in total. The molecule has 0 atom stereocenters. The molecule has 0 bridgehead atoms. The van der Waals surface area contributed by atoms with E-state index in [9.17, 15) is 4.79 Å². The molecule has 0 unspecified atom stereocenters. The molecule has 0 aliphatic carbocycles. The van der Waals surface area contributed by atoms with Gasteiger partial charge in [-0.25, -0.2) is 0 Å². The molecular weight excluding hydrogens is 394 g/mol. The molecule has 2 rings (SSSR count). The lowest BCUT2D eigenvalue weighted by atomic mass is 10.2. The molecule has 0 saturated carbocycles. The Balaban J connectivity index is 2.19. The van der Waals surface area contributed by atoms with Crippen LogP contribution in [-0.2, 0) is 11.3 Å². The molecule has 0 fully saturated rings. The van der Waals surface area contributed by atoms with Gasteiger partial charge in [0.2, 0.25) is 0 Å². The van der Waals surface area contributed by atoms with Gasteiger partial charge in [0.25, 0.3) is 5.91 Å². The summed E-state index contributed by atoms with van der Waals surface area (Å²) in [6.45, 7) is 0.259. The van der Waals surface area contributed by atoms with E-state index in [1.807, 2.05) is 0 Å². The SMILES string of the molecule is COCc1cc(C(=O)Nc2c(Br)cc(N)cc2Br)no1. The van der Waals surface area contributed by atoms with Gasteiger partial charge in [0.1, 0.15) is 6.61 Å². The Morgan fingerprint density at radius 3 is 2.65 bits per heavy atom. The maximum Gasteiger partial charge on any atom is 0.277 e. The number of nitrogens with zero attached hydrogens (tertiary/aromatic N) is 1. The average Bonchev–Trinajstić information content (AvgIpc) is 2.82. The summed E-state index contributed by atoms with van der Waals surface area (Å²) >= 11 is 6.68. The van der Waals surface area contributed by atoms with Crippen molar-refractivity contribution < 1.29 is 14.1 Å². The van der Waals surface area contributed by atoms with Crippen molar-refractivity contribution in [3.63, 3.8) is 0 Å². The molecule has 2 aromatic rings. The number of carbonyl (C=O) groups is 1. The van der Waals surface area contributed by atoms with Crippen LogP contribution in [0.15, 0.2) is 31.7 Å². The number of rotatable bonds is 4. The molecule has 1 aromatic carbocycles. The van der Waals surface area contributed by atoms with E-state index in [0.717, 1.165) is 0 Å². The number of hydrogen-bond acceptors (Lipinski definition) is 5. The van der Waals surface area contributed by atoms with Crippen LogP contribution in [0.4, 0.5) is 11.4 Å². The fourth-order valence-corrected chi connectivity index (χ4v) is 2.94. The number of nitrogens with two attached hydrogens (primary N) is 1. The molecule has 0 aliphatic heterocycles. The van der Waals surface area contributed by atoms with Gasteiger partial charge >= 0.3 is 0 Å². The first-order chi connectivity index (χ1) is 9.51. The van der Waals surface area contributed by atoms with Gasteiger partial charge in [-0.1, -0.05) is 5.16 Å². The molecule has 1 amide bonds. The summed E-state index contributed by atoms with van der Waals surface area (Å²) in [5, 5.41) is 6.41. The van der Waals surface area contributed by atoms with E-state index in [1.54, 1.807) is 12.1 Å². The van der Waals surface area contributed by atoms with E-state index in [2.05, 4.69) is 42.3 Å². The minimum atomic E-state index is -0.387. The third kappa shape index (κ3) is 3.38. The van der Waals surface area contributed by atoms with E-state index in [-0.39, 0.29) is 18.2 Å². The summed E-state index contributed by atoms with van der Waals surface area (Å²) in [4.78, 5) is 12.1. The van der Waals surface area contributed by atoms with Crippen LogP contribution in [0, 0.1) is 0 Å². The van der Waals surface area contributed by atoms with Gasteiger partial charge in [-0.2, -0.15) is 0 Å². The van der Waals surface area contributed by atoms with Crippen molar-refractivity contribution in [3.8, 4) is 0 Å². The molecule has 0 spiro atoms. The smallest absolute Gasteiger partial charge is 0.277 e. The first-order valence-corrected chi connectivity index (χ1v) is 7.10. The number of ether oxygens (including phenoxy) is 1. The van der Waals surface area contributed by atoms with E-state index in [4.69, 9.17) is 15.0 Å². The van der Waals surface area contributed by atoms with Crippen LogP contribution < -0.4 is 11.1 Å². The number of amides is 1. The number of nitrogen functional groups attached to an aromatic ring is 1. The molecule has 6 nitrogen and oxygen atoms in total. The lowest BCUT2D eigenvalue weighted by Crippen LogP contribution is -2.13. The van der Waals surface area contributed by atoms with Crippen LogP contribution >= 0.6 is 31.9 Å². The summed E-state index contributed by atoms with van der Waals surface area (Å²) in [7, 11) is 1.53. The fraction of sp³-hybridized carbons (Fsp3) is 0.167. The molecule has 0 aliphatic rings. The van der Waals surface area contributed by atoms with Crippen molar-refractivity contribution in [2.45, 2.75) is 6.61 Å². The zero-order valence-corrected chi connectivity index (χ0v) is 13.6. The second-order valence-corrected chi connectivity index (χ2v) is 5.63. The molecular formula is C12H11Br2N3O3. The largest absolute Gasteiger partial charge is 0.399 e. The van der Waals surface area contributed by atoms with Gasteiger partial charge in [-0.3, -0.25) is 4.79 Å². The van der Waals surface area contributed by atoms with Crippen LogP contribution in [0.3, 0.4) is 0 Å². The number of carbonyl (C=O) groups excluding carboxylic acids is 1. The first-order valence-electron chi connectivity index (χ1n) is 5.51. The second-order valence-electron chi connectivity index (χ2n) is 3.93. The third-order valence-electron chi connectivity index (χ3n) is 2.38. The van der Waals surface area contributed by atoms with Gasteiger partial charge in [0.15, 0.2) is 11.5 Å². The summed E-state index contributed by atoms with van der Waals surface area (Å²) in [6.07, 6.45) is 0. The van der Waals surface area contributed by atoms with Gasteiger partial charge in [-0.15, -0.1) is 0 Å². The normalized spacial score (nSPS) is 10.6. The van der Waals surface area contributed by atoms with Crippen molar-refractivity contribution in [3.05, 3.63) is 38.6 Å². The van der Waals surface area contributed by atoms with E-state index < -0.39 is 0 Å². The van der Waals surface area contributed by atoms with Crippen molar-refractivity contribution in [2.75, 3.05) is 18.2 Å². The van der Waals surface area contributed by atoms with Crippen molar-refractivity contribution >= 4 is 49.1 Å². The monoisotopic (exact) mass is 403 g/mol. The highest BCUT2D eigenvalue weighted by atomic mass is 79.9. The van der Waals surface area contributed by atoms with Crippen LogP contribution in [0.5, 0.6) is 0 Å². The molecule has 1 heterocycles. The summed E-state index contributed by atoms with van der Waals surface area (Å²) in [6, 6.07) is 4.91. The zero-order chi connectivity index (χ0) is 14.7. The minimum absolute atomic E-state index is 0.174. The third-order valence-corrected chi connectivity index (χ3v) is 3.63. The number of anilines is 2. The lowest BCUT2D eigenvalue weighted by molar-refractivity contribution is 0.101. The molecule has 20 heavy (non-hydrogen) atoms. The highest BCUT2D eigenvalue weighted by Gasteiger charge is 2.16. The molecule has 1 aromatic heterocycles. The van der Waals surface area contributed by atoms with E-state index >= 15 is 0 Å². The standard InChI is InChI=1S/C12H11Br2N3O3/c1-19-5-7-4-10(17-20-7)12(18)16-11-8(13)2-6(15)3-9(11)14/h2-4H,5,15H2,1H3,(H,16,18). The van der Waals surface area contributed by atoms with Crippen LogP contribution in [0.1, 0.15) is 16.2 Å². The van der Waals surface area contributed by atoms with Crippen LogP contribution in [-0.4, -0.2) is 18.2 Å². The van der Waals surface area contributed by atoms with E-state index in [1.165, 1.54) is 13.2 Å². The van der Waals surface area contributed by atoms with Crippen molar-refractivity contribution in [1.82, 2.24) is 5.16 Å². The summed E-state index contributed by atoms with van der Waals surface area (Å²) < 4.78 is 11.2. The van der Waals surface area contributed by atoms with Gasteiger partial charge in [-0.05, 0) is 44.0 Å². The highest BCUT2D eigenvalue weighted by Crippen LogP contribution is 2.33. The molecule has 0 saturated heterocycles. The Hall–Kier alpha value is -1.38. The fourth-order valence-electron chi connectivity index (χ4n) is 1.52. The number of aromatic nitrogens is 1. The first kappa shape index (κ1) is 15.0. The van der Waals surface area contributed by atoms with Crippen LogP contribution in [0.2, 0.25) is 0 Å². The van der Waals surface area contributed by atoms with Crippen molar-refractivity contribution in [2.24, 2.45) is 0 Å². The highest BCUT2D eigenvalue weighted by molar-refractivity contribution is 9.11. The minimum Gasteiger partial charge on any atom is -0.399 e. The predicted octanol–water partition coefficient (Wildman–Crippen LogP) is 3.18. The molecule has 0 radical (unpaired) electrons. The summed E-state index contributed by atoms with van der Waals surface area (Å²) in [5.74, 6) is 0.0929. The number of methoxy groups -OCH3 is 1. The lowest BCUT2D eigenvalue weighted by Gasteiger charge is -2.09. The average molecular weight is 405 g/mol. The Labute approximate surface area is 131 Å². The van der Waals surface area contributed by atoms with Crippen molar-refractivity contribution in [1.29, 1.82) is 0 Å². The molecule has 106 valence electrons. The Bertz CT molecular complexity index is 620. The van der Waals surface area contributed by atoms with Crippen LogP contribution in [0.25, 0.3) is 0 Å². The van der Waals surface area contributed by atoms with Gasteiger partial charge in [0.05, 0.1) is 5.69 Å². The summed E-state index contributed by atoms with van der Waals surface area (Å²) in [5.41, 5.74) is 7.01. The maximum atomic E-state index is 12.1. The Morgan fingerprint density at radius 1 is 1.40 bits per heavy atom. The Morgan fingerprint density at radius 2 is 2.05 bits per heavy atom. The van der Waals surface area contributed by atoms with Gasteiger partial charge < -0.3 is 20.3 Å². The predicted molar refractivity (Wildman–Crippen MR) is 81.4 cm³/mol. The number of halogens is 2. The second kappa shape index (κ2) is 6.38. The number of nitrogens with one attached hydrogen (secondary N) is 1. The zero-order valence-electron chi connectivity index (χ0n) is 10.4. The molecule has 8 heteroatoms. The maximum absolute atomic E-state index is 12.1. The quantitative estimate of drug-likeness (QED) is 0.763. The topological polar surface area (TPSA) is 90.4 Å². The Kier molecular flexibility index (Phi) is 4.79. The number of hydrogen-bond donors (Lipinski definition) is 2. The number of benzene rings is 1. The van der Waals surface area contributed by atoms with Gasteiger partial charge in [0, 0.05) is 27.8 Å². The van der Waals surface area contributed by atoms with E-state index in [0.29, 0.717) is 26.1 Å².